The number of nitrogens with zero attached hydrogens (tertiary/aromatic N) is 1. The van der Waals surface area contributed by atoms with E-state index >= 15 is 0 Å². The first-order chi connectivity index (χ1) is 8.04. The Bertz CT molecular complexity index is 415. The summed E-state index contributed by atoms with van der Waals surface area (Å²) in [5.41, 5.74) is -0.569. The lowest BCUT2D eigenvalue weighted by molar-refractivity contribution is 0.437. The summed E-state index contributed by atoms with van der Waals surface area (Å²) in [4.78, 5) is 1.37. The predicted octanol–water partition coefficient (Wildman–Crippen LogP) is 3.84. The Morgan fingerprint density at radius 3 is 1.71 bits per heavy atom. The molecule has 0 spiro atoms. The molecule has 94 valence electrons. The fourth-order valence-corrected chi connectivity index (χ4v) is 2.46. The van der Waals surface area contributed by atoms with Crippen LogP contribution in [0.1, 0.15) is 19.3 Å². The number of rotatable bonds is 1. The molecule has 1 nitrogen and oxygen atoms in total. The fourth-order valence-electron chi connectivity index (χ4n) is 1.99. The van der Waals surface area contributed by atoms with Crippen molar-refractivity contribution in [3.8, 4) is 0 Å². The van der Waals surface area contributed by atoms with Crippen LogP contribution in [0.2, 0.25) is 0 Å². The van der Waals surface area contributed by atoms with Crippen LogP contribution in [-0.2, 0) is 0 Å². The van der Waals surface area contributed by atoms with Gasteiger partial charge in [0.25, 0.3) is 0 Å². The smallest absolute Gasteiger partial charge is 0.186 e. The minimum atomic E-state index is -1.31. The molecule has 0 bridgehead atoms. The van der Waals surface area contributed by atoms with E-state index in [9.17, 15) is 17.6 Å². The molecular weight excluding hydrogens is 349 g/mol. The fraction of sp³-hybridized carbons (Fsp3) is 0.455. The number of halogens is 5. The first-order valence-electron chi connectivity index (χ1n) is 5.30. The van der Waals surface area contributed by atoms with E-state index in [1.807, 2.05) is 0 Å². The van der Waals surface area contributed by atoms with Gasteiger partial charge in [-0.05, 0) is 41.9 Å². The van der Waals surface area contributed by atoms with Gasteiger partial charge in [-0.25, -0.2) is 17.6 Å². The Morgan fingerprint density at radius 1 is 0.765 bits per heavy atom. The average Bonchev–Trinajstić information content (AvgIpc) is 2.36. The lowest BCUT2D eigenvalue weighted by Crippen LogP contribution is -2.31. The highest BCUT2D eigenvalue weighted by Gasteiger charge is 2.28. The first-order valence-corrected chi connectivity index (χ1v) is 6.38. The molecule has 6 heteroatoms. The zero-order valence-electron chi connectivity index (χ0n) is 8.87. The highest BCUT2D eigenvalue weighted by atomic mass is 127. The van der Waals surface area contributed by atoms with E-state index in [4.69, 9.17) is 0 Å². The highest BCUT2D eigenvalue weighted by Crippen LogP contribution is 2.32. The van der Waals surface area contributed by atoms with E-state index in [1.54, 1.807) is 0 Å². The molecule has 0 unspecified atom stereocenters. The Morgan fingerprint density at radius 2 is 1.24 bits per heavy atom. The third-order valence-corrected chi connectivity index (χ3v) is 3.81. The lowest BCUT2D eigenvalue weighted by atomic mass is 10.1. The van der Waals surface area contributed by atoms with Crippen LogP contribution in [-0.4, -0.2) is 13.1 Å². The van der Waals surface area contributed by atoms with Gasteiger partial charge in [0.2, 0.25) is 0 Å². The quantitative estimate of drug-likeness (QED) is 0.319. The van der Waals surface area contributed by atoms with Gasteiger partial charge in [0.05, 0.1) is 3.57 Å². The molecule has 1 fully saturated rings. The third kappa shape index (κ3) is 2.23. The van der Waals surface area contributed by atoms with Crippen LogP contribution in [0.4, 0.5) is 23.2 Å². The van der Waals surface area contributed by atoms with Gasteiger partial charge in [-0.3, -0.25) is 0 Å². The van der Waals surface area contributed by atoms with Gasteiger partial charge in [0.1, 0.15) is 5.69 Å². The zero-order chi connectivity index (χ0) is 12.6. The molecule has 1 aromatic carbocycles. The maximum Gasteiger partial charge on any atom is 0.186 e. The Balaban J connectivity index is 2.52. The number of piperidine rings is 1. The van der Waals surface area contributed by atoms with E-state index < -0.39 is 32.5 Å². The summed E-state index contributed by atoms with van der Waals surface area (Å²) in [6, 6.07) is 0. The first kappa shape index (κ1) is 12.9. The molecule has 0 aromatic heterocycles. The summed E-state index contributed by atoms with van der Waals surface area (Å²) in [7, 11) is 0. The maximum absolute atomic E-state index is 13.7. The second-order valence-corrected chi connectivity index (χ2v) is 5.04. The number of anilines is 1. The van der Waals surface area contributed by atoms with Crippen molar-refractivity contribution >= 4 is 28.3 Å². The maximum atomic E-state index is 13.7. The number of hydrogen-bond acceptors (Lipinski definition) is 1. The Kier molecular flexibility index (Phi) is 3.79. The molecular formula is C11H10F4IN. The van der Waals surface area contributed by atoms with Crippen LogP contribution in [0.5, 0.6) is 0 Å². The number of hydrogen-bond donors (Lipinski definition) is 0. The van der Waals surface area contributed by atoms with Gasteiger partial charge < -0.3 is 4.90 Å². The topological polar surface area (TPSA) is 3.24 Å². The number of benzene rings is 1. The molecule has 17 heavy (non-hydrogen) atoms. The summed E-state index contributed by atoms with van der Waals surface area (Å²) in [6.07, 6.45) is 2.51. The van der Waals surface area contributed by atoms with Crippen LogP contribution in [0.15, 0.2) is 0 Å². The van der Waals surface area contributed by atoms with Crippen LogP contribution >= 0.6 is 22.6 Å². The summed E-state index contributed by atoms with van der Waals surface area (Å²) >= 11 is 1.26. The molecule has 0 amide bonds. The third-order valence-electron chi connectivity index (χ3n) is 2.86. The SMILES string of the molecule is Fc1c(F)c(N2CCCCC2)c(F)c(F)c1I. The van der Waals surface area contributed by atoms with Crippen LogP contribution in [0.25, 0.3) is 0 Å². The Hall–Kier alpha value is -0.530. The largest absolute Gasteiger partial charge is 0.367 e. The monoisotopic (exact) mass is 359 g/mol. The summed E-state index contributed by atoms with van der Waals surface area (Å²) in [5, 5.41) is 0. The standard InChI is InChI=1S/C11H10F4IN/c12-6-8(14)11(9(15)7(13)10(6)16)17-4-2-1-3-5-17/h1-5H2. The summed E-state index contributed by atoms with van der Waals surface area (Å²) in [6.45, 7) is 0.848. The van der Waals surface area contributed by atoms with Crippen LogP contribution in [0.3, 0.4) is 0 Å². The summed E-state index contributed by atoms with van der Waals surface area (Å²) < 4.78 is 53.4. The van der Waals surface area contributed by atoms with Crippen molar-refractivity contribution in [2.24, 2.45) is 0 Å². The van der Waals surface area contributed by atoms with Crippen molar-refractivity contribution in [3.63, 3.8) is 0 Å². The molecule has 1 aliphatic rings. The van der Waals surface area contributed by atoms with E-state index in [2.05, 4.69) is 0 Å². The minimum Gasteiger partial charge on any atom is -0.367 e. The molecule has 0 saturated carbocycles. The minimum absolute atomic E-state index is 0.424. The molecule has 2 rings (SSSR count). The molecule has 0 N–H and O–H groups in total. The Labute approximate surface area is 110 Å². The van der Waals surface area contributed by atoms with Crippen LogP contribution in [0, 0.1) is 26.8 Å². The van der Waals surface area contributed by atoms with Crippen molar-refractivity contribution < 1.29 is 17.6 Å². The van der Waals surface area contributed by atoms with Gasteiger partial charge in [0, 0.05) is 13.1 Å². The van der Waals surface area contributed by atoms with Gasteiger partial charge in [-0.1, -0.05) is 0 Å². The normalized spacial score (nSPS) is 16.4. The van der Waals surface area contributed by atoms with Crippen molar-refractivity contribution in [2.75, 3.05) is 18.0 Å². The van der Waals surface area contributed by atoms with Gasteiger partial charge in [-0.2, -0.15) is 0 Å². The molecule has 1 aliphatic heterocycles. The average molecular weight is 359 g/mol. The zero-order valence-corrected chi connectivity index (χ0v) is 11.0. The molecule has 0 aliphatic carbocycles. The summed E-state index contributed by atoms with van der Waals surface area (Å²) in [5.74, 6) is -5.22. The van der Waals surface area contributed by atoms with E-state index in [-0.39, 0.29) is 0 Å². The van der Waals surface area contributed by atoms with E-state index in [0.717, 1.165) is 19.3 Å². The molecule has 0 radical (unpaired) electrons. The van der Waals surface area contributed by atoms with E-state index in [0.29, 0.717) is 13.1 Å². The van der Waals surface area contributed by atoms with Gasteiger partial charge in [0.15, 0.2) is 23.3 Å². The molecule has 1 aromatic rings. The molecule has 1 saturated heterocycles. The van der Waals surface area contributed by atoms with Crippen molar-refractivity contribution in [1.29, 1.82) is 0 Å². The second kappa shape index (κ2) is 4.99. The second-order valence-electron chi connectivity index (χ2n) is 3.97. The lowest BCUT2D eigenvalue weighted by Gasteiger charge is -2.29. The van der Waals surface area contributed by atoms with Crippen LogP contribution < -0.4 is 4.90 Å². The van der Waals surface area contributed by atoms with Crippen molar-refractivity contribution in [1.82, 2.24) is 0 Å². The van der Waals surface area contributed by atoms with Gasteiger partial charge in [-0.15, -0.1) is 0 Å². The van der Waals surface area contributed by atoms with E-state index in [1.165, 1.54) is 27.5 Å². The molecule has 1 heterocycles. The predicted molar refractivity (Wildman–Crippen MR) is 65.1 cm³/mol. The van der Waals surface area contributed by atoms with Gasteiger partial charge >= 0.3 is 0 Å². The van der Waals surface area contributed by atoms with Crippen molar-refractivity contribution in [3.05, 3.63) is 26.8 Å². The molecule has 0 atom stereocenters. The highest BCUT2D eigenvalue weighted by molar-refractivity contribution is 14.1. The van der Waals surface area contributed by atoms with Crippen molar-refractivity contribution in [2.45, 2.75) is 19.3 Å².